The second-order valence-electron chi connectivity index (χ2n) is 4.01. The molecule has 0 aromatic heterocycles. The number of hydrogen-bond donors (Lipinski definition) is 1. The molecular formula is C12H17NO3S. The molecule has 1 rings (SSSR count). The predicted molar refractivity (Wildman–Crippen MR) is 66.5 cm³/mol. The molecule has 1 aromatic carbocycles. The molecule has 1 atom stereocenters. The average Bonchev–Trinajstić information content (AvgIpc) is 2.28. The van der Waals surface area contributed by atoms with E-state index in [0.717, 1.165) is 6.42 Å². The number of rotatable bonds is 5. The van der Waals surface area contributed by atoms with Crippen molar-refractivity contribution in [2.75, 3.05) is 0 Å². The Hall–Kier alpha value is -1.20. The van der Waals surface area contributed by atoms with Gasteiger partial charge in [0.2, 0.25) is 10.0 Å². The fourth-order valence-electron chi connectivity index (χ4n) is 1.29. The number of carbonyl (C=O) groups excluding carboxylic acids is 1. The monoisotopic (exact) mass is 255 g/mol. The summed E-state index contributed by atoms with van der Waals surface area (Å²) < 4.78 is 26.3. The molecule has 17 heavy (non-hydrogen) atoms. The van der Waals surface area contributed by atoms with Gasteiger partial charge < -0.3 is 0 Å². The zero-order valence-electron chi connectivity index (χ0n) is 10.2. The maximum Gasteiger partial charge on any atom is 0.240 e. The Morgan fingerprint density at radius 3 is 2.24 bits per heavy atom. The Kier molecular flexibility index (Phi) is 4.42. The first-order valence-corrected chi connectivity index (χ1v) is 6.98. The summed E-state index contributed by atoms with van der Waals surface area (Å²) in [6.07, 6.45) is 0.727. The van der Waals surface area contributed by atoms with E-state index in [1.807, 2.05) is 13.8 Å². The molecule has 0 aliphatic heterocycles. The number of nitrogens with one attached hydrogen (secondary N) is 1. The van der Waals surface area contributed by atoms with E-state index in [2.05, 4.69) is 4.72 Å². The molecule has 4 nitrogen and oxygen atoms in total. The van der Waals surface area contributed by atoms with Gasteiger partial charge >= 0.3 is 0 Å². The first-order chi connectivity index (χ1) is 7.86. The molecule has 0 bridgehead atoms. The normalized spacial score (nSPS) is 13.4. The summed E-state index contributed by atoms with van der Waals surface area (Å²) in [5.74, 6) is -0.0798. The van der Waals surface area contributed by atoms with Gasteiger partial charge in [0.05, 0.1) is 4.90 Å². The first-order valence-electron chi connectivity index (χ1n) is 5.50. The summed E-state index contributed by atoms with van der Waals surface area (Å²) in [5.41, 5.74) is 0.507. The van der Waals surface area contributed by atoms with Crippen molar-refractivity contribution in [2.45, 2.75) is 38.1 Å². The molecule has 0 radical (unpaired) electrons. The van der Waals surface area contributed by atoms with Crippen LogP contribution in [0.4, 0.5) is 0 Å². The van der Waals surface area contributed by atoms with Crippen molar-refractivity contribution in [2.24, 2.45) is 0 Å². The van der Waals surface area contributed by atoms with Crippen molar-refractivity contribution in [1.82, 2.24) is 4.72 Å². The van der Waals surface area contributed by atoms with Crippen molar-refractivity contribution in [3.63, 3.8) is 0 Å². The summed E-state index contributed by atoms with van der Waals surface area (Å²) in [6.45, 7) is 5.16. The fourth-order valence-corrected chi connectivity index (χ4v) is 2.61. The number of ketones is 1. The summed E-state index contributed by atoms with van der Waals surface area (Å²) >= 11 is 0. The molecule has 0 saturated heterocycles. The van der Waals surface area contributed by atoms with Gasteiger partial charge in [0.1, 0.15) is 0 Å². The maximum atomic E-state index is 11.9. The zero-order chi connectivity index (χ0) is 13.1. The molecule has 0 saturated carbocycles. The van der Waals surface area contributed by atoms with Crippen LogP contribution in [-0.2, 0) is 10.0 Å². The molecule has 0 spiro atoms. The van der Waals surface area contributed by atoms with Gasteiger partial charge in [0.15, 0.2) is 5.78 Å². The van der Waals surface area contributed by atoms with E-state index >= 15 is 0 Å². The van der Waals surface area contributed by atoms with Crippen LogP contribution in [0.3, 0.4) is 0 Å². The van der Waals surface area contributed by atoms with E-state index < -0.39 is 10.0 Å². The van der Waals surface area contributed by atoms with Gasteiger partial charge in [0.25, 0.3) is 0 Å². The van der Waals surface area contributed by atoms with E-state index in [1.54, 1.807) is 0 Å². The SMILES string of the molecule is CCC(C)NS(=O)(=O)c1ccc(C(C)=O)cc1. The van der Waals surface area contributed by atoms with Crippen LogP contribution in [0.15, 0.2) is 29.2 Å². The van der Waals surface area contributed by atoms with Gasteiger partial charge in [0, 0.05) is 11.6 Å². The predicted octanol–water partition coefficient (Wildman–Crippen LogP) is 1.97. The lowest BCUT2D eigenvalue weighted by molar-refractivity contribution is 0.101. The Morgan fingerprint density at radius 1 is 1.29 bits per heavy atom. The maximum absolute atomic E-state index is 11.9. The van der Waals surface area contributed by atoms with E-state index in [9.17, 15) is 13.2 Å². The third-order valence-corrected chi connectivity index (χ3v) is 4.15. The fraction of sp³-hybridized carbons (Fsp3) is 0.417. The van der Waals surface area contributed by atoms with E-state index in [1.165, 1.54) is 31.2 Å². The van der Waals surface area contributed by atoms with Crippen molar-refractivity contribution in [3.05, 3.63) is 29.8 Å². The zero-order valence-corrected chi connectivity index (χ0v) is 11.0. The molecule has 1 aromatic rings. The Bertz CT molecular complexity index is 491. The number of carbonyl (C=O) groups is 1. The van der Waals surface area contributed by atoms with Crippen LogP contribution in [0.1, 0.15) is 37.6 Å². The van der Waals surface area contributed by atoms with Gasteiger partial charge in [-0.1, -0.05) is 19.1 Å². The lowest BCUT2D eigenvalue weighted by atomic mass is 10.2. The summed E-state index contributed by atoms with van der Waals surface area (Å²) in [4.78, 5) is 11.2. The molecule has 0 fully saturated rings. The molecule has 0 aliphatic carbocycles. The number of benzene rings is 1. The Morgan fingerprint density at radius 2 is 1.82 bits per heavy atom. The highest BCUT2D eigenvalue weighted by Gasteiger charge is 2.16. The molecule has 0 aliphatic rings. The van der Waals surface area contributed by atoms with Crippen LogP contribution >= 0.6 is 0 Å². The molecule has 0 heterocycles. The molecule has 94 valence electrons. The minimum atomic E-state index is -3.48. The van der Waals surface area contributed by atoms with E-state index in [4.69, 9.17) is 0 Å². The quantitative estimate of drug-likeness (QED) is 0.818. The summed E-state index contributed by atoms with van der Waals surface area (Å²) in [6, 6.07) is 5.83. The smallest absolute Gasteiger partial charge is 0.240 e. The average molecular weight is 255 g/mol. The second kappa shape index (κ2) is 5.42. The summed E-state index contributed by atoms with van der Waals surface area (Å²) in [5, 5.41) is 0. The highest BCUT2D eigenvalue weighted by Crippen LogP contribution is 2.11. The molecular weight excluding hydrogens is 238 g/mol. The molecule has 0 amide bonds. The number of hydrogen-bond acceptors (Lipinski definition) is 3. The van der Waals surface area contributed by atoms with Crippen molar-refractivity contribution >= 4 is 15.8 Å². The van der Waals surface area contributed by atoms with Crippen molar-refractivity contribution in [3.8, 4) is 0 Å². The van der Waals surface area contributed by atoms with E-state index in [0.29, 0.717) is 5.56 Å². The molecule has 1 N–H and O–H groups in total. The number of Topliss-reactive ketones (excluding diaryl/α,β-unsaturated/α-hetero) is 1. The lowest BCUT2D eigenvalue weighted by Gasteiger charge is -2.12. The molecule has 5 heteroatoms. The number of sulfonamides is 1. The first kappa shape index (κ1) is 13.9. The highest BCUT2D eigenvalue weighted by atomic mass is 32.2. The van der Waals surface area contributed by atoms with Crippen molar-refractivity contribution in [1.29, 1.82) is 0 Å². The topological polar surface area (TPSA) is 63.2 Å². The van der Waals surface area contributed by atoms with Gasteiger partial charge in [-0.2, -0.15) is 0 Å². The highest BCUT2D eigenvalue weighted by molar-refractivity contribution is 7.89. The van der Waals surface area contributed by atoms with Gasteiger partial charge in [-0.05, 0) is 32.4 Å². The van der Waals surface area contributed by atoms with E-state index in [-0.39, 0.29) is 16.7 Å². The second-order valence-corrected chi connectivity index (χ2v) is 5.73. The van der Waals surface area contributed by atoms with Crippen LogP contribution in [-0.4, -0.2) is 20.2 Å². The largest absolute Gasteiger partial charge is 0.295 e. The lowest BCUT2D eigenvalue weighted by Crippen LogP contribution is -2.31. The van der Waals surface area contributed by atoms with Crippen LogP contribution in [0.2, 0.25) is 0 Å². The van der Waals surface area contributed by atoms with Crippen LogP contribution in [0.25, 0.3) is 0 Å². The third-order valence-electron chi connectivity index (χ3n) is 2.54. The minimum Gasteiger partial charge on any atom is -0.295 e. The summed E-state index contributed by atoms with van der Waals surface area (Å²) in [7, 11) is -3.48. The van der Waals surface area contributed by atoms with Gasteiger partial charge in [-0.3, -0.25) is 4.79 Å². The van der Waals surface area contributed by atoms with Crippen molar-refractivity contribution < 1.29 is 13.2 Å². The van der Waals surface area contributed by atoms with Crippen LogP contribution in [0.5, 0.6) is 0 Å². The standard InChI is InChI=1S/C12H17NO3S/c1-4-9(2)13-17(15,16)12-7-5-11(6-8-12)10(3)14/h5-9,13H,4H2,1-3H3. The van der Waals surface area contributed by atoms with Gasteiger partial charge in [-0.15, -0.1) is 0 Å². The third kappa shape index (κ3) is 3.64. The van der Waals surface area contributed by atoms with Crippen LogP contribution < -0.4 is 4.72 Å². The Labute approximate surface area is 102 Å². The van der Waals surface area contributed by atoms with Gasteiger partial charge in [-0.25, -0.2) is 13.1 Å². The minimum absolute atomic E-state index is 0.0798. The molecule has 1 unspecified atom stereocenters. The Balaban J connectivity index is 2.96. The van der Waals surface area contributed by atoms with Crippen LogP contribution in [0, 0.1) is 0 Å².